The Hall–Kier alpha value is -2.62. The Morgan fingerprint density at radius 2 is 1.84 bits per heavy atom. The van der Waals surface area contributed by atoms with E-state index in [-0.39, 0.29) is 23.8 Å². The number of rotatable bonds is 11. The highest BCUT2D eigenvalue weighted by molar-refractivity contribution is 8.00. The minimum absolute atomic E-state index is 0.0510. The monoisotopic (exact) mass is 454 g/mol. The predicted molar refractivity (Wildman–Crippen MR) is 120 cm³/mol. The molecule has 2 rings (SSSR count). The highest BCUT2D eigenvalue weighted by Crippen LogP contribution is 2.24. The smallest absolute Gasteiger partial charge is 0.330 e. The second-order valence-corrected chi connectivity index (χ2v) is 8.16. The Morgan fingerprint density at radius 3 is 2.48 bits per heavy atom. The maximum Gasteiger partial charge on any atom is 0.330 e. The second kappa shape index (κ2) is 11.7. The van der Waals surface area contributed by atoms with E-state index in [1.165, 1.54) is 15.5 Å². The SMILES string of the molecule is CCCCCN(C(=O)CSc1ccc(F)c(F)c1)c1c(N)n(CCCC)c(=O)[nH]c1=O. The van der Waals surface area contributed by atoms with Gasteiger partial charge in [-0.05, 0) is 31.0 Å². The van der Waals surface area contributed by atoms with Crippen LogP contribution in [0, 0.1) is 11.6 Å². The molecule has 0 unspecified atom stereocenters. The molecule has 0 radical (unpaired) electrons. The van der Waals surface area contributed by atoms with Crippen molar-refractivity contribution in [2.75, 3.05) is 22.9 Å². The summed E-state index contributed by atoms with van der Waals surface area (Å²) in [5.41, 5.74) is 4.77. The van der Waals surface area contributed by atoms with Crippen LogP contribution in [-0.4, -0.2) is 27.8 Å². The average Bonchev–Trinajstić information content (AvgIpc) is 2.73. The number of amides is 1. The van der Waals surface area contributed by atoms with Crippen molar-refractivity contribution in [3.63, 3.8) is 0 Å². The molecule has 7 nitrogen and oxygen atoms in total. The lowest BCUT2D eigenvalue weighted by molar-refractivity contribution is -0.116. The maximum absolute atomic E-state index is 13.4. The Balaban J connectivity index is 2.34. The number of aromatic nitrogens is 2. The van der Waals surface area contributed by atoms with E-state index in [0.717, 1.165) is 43.2 Å². The molecule has 1 amide bonds. The number of anilines is 2. The van der Waals surface area contributed by atoms with Crippen molar-refractivity contribution in [3.8, 4) is 0 Å². The Labute approximate surface area is 183 Å². The number of nitrogens with one attached hydrogen (secondary N) is 1. The molecule has 0 aliphatic heterocycles. The van der Waals surface area contributed by atoms with Crippen LogP contribution in [0.4, 0.5) is 20.3 Å². The molecule has 1 aromatic carbocycles. The molecule has 0 spiro atoms. The summed E-state index contributed by atoms with van der Waals surface area (Å²) < 4.78 is 27.8. The van der Waals surface area contributed by atoms with Crippen molar-refractivity contribution >= 4 is 29.2 Å². The summed E-state index contributed by atoms with van der Waals surface area (Å²) in [6.07, 6.45) is 3.90. The first-order valence-electron chi connectivity index (χ1n) is 10.3. The van der Waals surface area contributed by atoms with E-state index in [4.69, 9.17) is 5.73 Å². The summed E-state index contributed by atoms with van der Waals surface area (Å²) in [5, 5.41) is 0. The van der Waals surface area contributed by atoms with E-state index in [2.05, 4.69) is 4.98 Å². The molecule has 31 heavy (non-hydrogen) atoms. The molecule has 170 valence electrons. The lowest BCUT2D eigenvalue weighted by Crippen LogP contribution is -2.42. The summed E-state index contributed by atoms with van der Waals surface area (Å²) in [6.45, 7) is 4.55. The molecule has 1 aromatic heterocycles. The third-order valence-corrected chi connectivity index (χ3v) is 5.74. The van der Waals surface area contributed by atoms with Crippen LogP contribution in [-0.2, 0) is 11.3 Å². The summed E-state index contributed by atoms with van der Waals surface area (Å²) in [4.78, 5) is 41.7. The van der Waals surface area contributed by atoms with E-state index < -0.39 is 28.8 Å². The Morgan fingerprint density at radius 1 is 1.13 bits per heavy atom. The zero-order valence-electron chi connectivity index (χ0n) is 17.7. The highest BCUT2D eigenvalue weighted by atomic mass is 32.2. The van der Waals surface area contributed by atoms with Crippen molar-refractivity contribution in [3.05, 3.63) is 50.7 Å². The molecular weight excluding hydrogens is 426 g/mol. The van der Waals surface area contributed by atoms with Gasteiger partial charge in [0.2, 0.25) is 5.91 Å². The first kappa shape index (κ1) is 24.6. The summed E-state index contributed by atoms with van der Waals surface area (Å²) in [6, 6.07) is 3.39. The number of unbranched alkanes of at least 4 members (excludes halogenated alkanes) is 3. The standard InChI is InChI=1S/C21H28F2N4O3S/c1-3-5-7-11-26(17(28)13-31-14-8-9-15(22)16(23)12-14)18-19(24)27(10-6-4-2)21(30)25-20(18)29/h8-9,12H,3-7,10-11,13,24H2,1-2H3,(H,25,29,30). The van der Waals surface area contributed by atoms with Gasteiger partial charge in [-0.2, -0.15) is 0 Å². The van der Waals surface area contributed by atoms with Gasteiger partial charge in [-0.3, -0.25) is 19.1 Å². The number of benzene rings is 1. The number of halogens is 2. The predicted octanol–water partition coefficient (Wildman–Crippen LogP) is 3.51. The molecule has 0 saturated carbocycles. The molecule has 0 aliphatic rings. The Bertz CT molecular complexity index is 1020. The molecule has 0 fully saturated rings. The van der Waals surface area contributed by atoms with Crippen LogP contribution in [0.25, 0.3) is 0 Å². The van der Waals surface area contributed by atoms with Crippen LogP contribution in [0.3, 0.4) is 0 Å². The number of hydrogen-bond donors (Lipinski definition) is 2. The minimum atomic E-state index is -0.999. The van der Waals surface area contributed by atoms with Crippen molar-refractivity contribution < 1.29 is 13.6 Å². The van der Waals surface area contributed by atoms with Crippen molar-refractivity contribution in [1.29, 1.82) is 0 Å². The van der Waals surface area contributed by atoms with Crippen molar-refractivity contribution in [1.82, 2.24) is 9.55 Å². The molecule has 0 atom stereocenters. The van der Waals surface area contributed by atoms with Crippen LogP contribution in [0.5, 0.6) is 0 Å². The summed E-state index contributed by atoms with van der Waals surface area (Å²) >= 11 is 1.03. The van der Waals surface area contributed by atoms with E-state index >= 15 is 0 Å². The van der Waals surface area contributed by atoms with Crippen LogP contribution in [0.15, 0.2) is 32.7 Å². The largest absolute Gasteiger partial charge is 0.383 e. The van der Waals surface area contributed by atoms with Gasteiger partial charge in [-0.15, -0.1) is 11.8 Å². The fraction of sp³-hybridized carbons (Fsp3) is 0.476. The van der Waals surface area contributed by atoms with Gasteiger partial charge in [-0.25, -0.2) is 13.6 Å². The molecule has 0 saturated heterocycles. The number of nitrogens with two attached hydrogens (primary N) is 1. The van der Waals surface area contributed by atoms with Crippen LogP contribution >= 0.6 is 11.8 Å². The lowest BCUT2D eigenvalue weighted by atomic mass is 10.2. The normalized spacial score (nSPS) is 11.0. The number of hydrogen-bond acceptors (Lipinski definition) is 5. The fourth-order valence-corrected chi connectivity index (χ4v) is 3.84. The van der Waals surface area contributed by atoms with Crippen LogP contribution in [0.2, 0.25) is 0 Å². The second-order valence-electron chi connectivity index (χ2n) is 7.12. The third kappa shape index (κ3) is 6.43. The number of carbonyl (C=O) groups excluding carboxylic acids is 1. The zero-order chi connectivity index (χ0) is 23.0. The fourth-order valence-electron chi connectivity index (χ4n) is 3.05. The van der Waals surface area contributed by atoms with E-state index in [1.807, 2.05) is 13.8 Å². The lowest BCUT2D eigenvalue weighted by Gasteiger charge is -2.24. The summed E-state index contributed by atoms with van der Waals surface area (Å²) in [7, 11) is 0. The minimum Gasteiger partial charge on any atom is -0.383 e. The van der Waals surface area contributed by atoms with Crippen molar-refractivity contribution in [2.45, 2.75) is 57.4 Å². The molecule has 2 aromatic rings. The first-order chi connectivity index (χ1) is 14.8. The quantitative estimate of drug-likeness (QED) is 0.400. The number of nitrogen functional groups attached to an aromatic ring is 1. The third-order valence-electron chi connectivity index (χ3n) is 4.76. The molecule has 10 heteroatoms. The van der Waals surface area contributed by atoms with E-state index in [1.54, 1.807) is 0 Å². The molecule has 1 heterocycles. The van der Waals surface area contributed by atoms with Gasteiger partial charge in [0.1, 0.15) is 5.82 Å². The van der Waals surface area contributed by atoms with Gasteiger partial charge in [-0.1, -0.05) is 33.1 Å². The number of thioether (sulfide) groups is 1. The van der Waals surface area contributed by atoms with Crippen LogP contribution < -0.4 is 21.9 Å². The molecule has 3 N–H and O–H groups in total. The van der Waals surface area contributed by atoms with E-state index in [9.17, 15) is 23.2 Å². The van der Waals surface area contributed by atoms with Crippen molar-refractivity contribution in [2.24, 2.45) is 0 Å². The molecule has 0 bridgehead atoms. The zero-order valence-corrected chi connectivity index (χ0v) is 18.6. The number of aromatic amines is 1. The topological polar surface area (TPSA) is 101 Å². The average molecular weight is 455 g/mol. The molecular formula is C21H28F2N4O3S. The highest BCUT2D eigenvalue weighted by Gasteiger charge is 2.24. The number of H-pyrrole nitrogens is 1. The van der Waals surface area contributed by atoms with Gasteiger partial charge in [0.25, 0.3) is 5.56 Å². The Kier molecular flexibility index (Phi) is 9.29. The van der Waals surface area contributed by atoms with Gasteiger partial charge in [0.15, 0.2) is 17.3 Å². The van der Waals surface area contributed by atoms with E-state index in [0.29, 0.717) is 24.3 Å². The summed E-state index contributed by atoms with van der Waals surface area (Å²) in [5.74, 6) is -2.54. The number of carbonyl (C=O) groups is 1. The van der Waals surface area contributed by atoms with Gasteiger partial charge in [0, 0.05) is 18.0 Å². The first-order valence-corrected chi connectivity index (χ1v) is 11.3. The number of nitrogens with zero attached hydrogens (tertiary/aromatic N) is 2. The van der Waals surface area contributed by atoms with Gasteiger partial charge in [0.05, 0.1) is 5.75 Å². The van der Waals surface area contributed by atoms with Gasteiger partial charge < -0.3 is 10.6 Å². The van der Waals surface area contributed by atoms with Crippen LogP contribution in [0.1, 0.15) is 46.0 Å². The van der Waals surface area contributed by atoms with Gasteiger partial charge >= 0.3 is 5.69 Å². The maximum atomic E-state index is 13.4. The molecule has 0 aliphatic carbocycles.